The van der Waals surface area contributed by atoms with E-state index in [4.69, 9.17) is 0 Å². The molecule has 0 amide bonds. The Bertz CT molecular complexity index is 900. The standard InChI is InChI=1S/C16H16N6O2/c23-22(24)12-1-2-14-13(10-12)16(20-19-14)11-3-4-18-15(9-11)21-7-5-17-6-8-21/h1-4,9-10,17H,5-8H2,(H,19,20). The number of nitro benzene ring substituents is 1. The summed E-state index contributed by atoms with van der Waals surface area (Å²) in [5.41, 5.74) is 2.43. The number of nitrogens with zero attached hydrogens (tertiary/aromatic N) is 4. The van der Waals surface area contributed by atoms with Crippen LogP contribution in [0.3, 0.4) is 0 Å². The van der Waals surface area contributed by atoms with Gasteiger partial charge in [-0.05, 0) is 18.2 Å². The van der Waals surface area contributed by atoms with Crippen LogP contribution in [0.5, 0.6) is 0 Å². The van der Waals surface area contributed by atoms with Crippen molar-refractivity contribution in [3.05, 3.63) is 46.6 Å². The van der Waals surface area contributed by atoms with Gasteiger partial charge in [-0.3, -0.25) is 15.2 Å². The van der Waals surface area contributed by atoms with Gasteiger partial charge in [0, 0.05) is 55.5 Å². The number of nitrogens with one attached hydrogen (secondary N) is 2. The number of pyridine rings is 1. The SMILES string of the molecule is O=[N+]([O-])c1ccc2[nH]nc(-c3ccnc(N4CCNCC4)c3)c2c1. The zero-order chi connectivity index (χ0) is 16.5. The number of benzene rings is 1. The van der Waals surface area contributed by atoms with Crippen molar-refractivity contribution in [2.24, 2.45) is 0 Å². The van der Waals surface area contributed by atoms with Gasteiger partial charge in [0.15, 0.2) is 0 Å². The lowest BCUT2D eigenvalue weighted by atomic mass is 10.1. The van der Waals surface area contributed by atoms with Crippen LogP contribution < -0.4 is 10.2 Å². The summed E-state index contributed by atoms with van der Waals surface area (Å²) in [4.78, 5) is 17.3. The Labute approximate surface area is 137 Å². The van der Waals surface area contributed by atoms with Crippen molar-refractivity contribution in [2.75, 3.05) is 31.1 Å². The summed E-state index contributed by atoms with van der Waals surface area (Å²) in [5.74, 6) is 0.899. The van der Waals surface area contributed by atoms with Gasteiger partial charge in [-0.25, -0.2) is 4.98 Å². The van der Waals surface area contributed by atoms with E-state index in [9.17, 15) is 10.1 Å². The number of non-ortho nitro benzene ring substituents is 1. The predicted molar refractivity (Wildman–Crippen MR) is 91.1 cm³/mol. The topological polar surface area (TPSA) is 100.0 Å². The number of H-pyrrole nitrogens is 1. The Balaban J connectivity index is 1.77. The van der Waals surface area contributed by atoms with Crippen LogP contribution in [0.1, 0.15) is 0 Å². The van der Waals surface area contributed by atoms with E-state index < -0.39 is 4.92 Å². The van der Waals surface area contributed by atoms with E-state index in [1.165, 1.54) is 6.07 Å². The molecule has 0 bridgehead atoms. The van der Waals surface area contributed by atoms with Gasteiger partial charge in [0.05, 0.1) is 10.4 Å². The summed E-state index contributed by atoms with van der Waals surface area (Å²) in [6, 6.07) is 8.57. The summed E-state index contributed by atoms with van der Waals surface area (Å²) < 4.78 is 0. The summed E-state index contributed by atoms with van der Waals surface area (Å²) in [5, 5.41) is 22.4. The van der Waals surface area contributed by atoms with E-state index in [1.807, 2.05) is 12.1 Å². The predicted octanol–water partition coefficient (Wildman–Crippen LogP) is 1.94. The van der Waals surface area contributed by atoms with Crippen molar-refractivity contribution in [3.8, 4) is 11.3 Å². The molecule has 3 heterocycles. The number of aromatic amines is 1. The Morgan fingerprint density at radius 3 is 2.79 bits per heavy atom. The number of fused-ring (bicyclic) bond motifs is 1. The molecule has 3 aromatic rings. The molecule has 24 heavy (non-hydrogen) atoms. The smallest absolute Gasteiger partial charge is 0.270 e. The van der Waals surface area contributed by atoms with E-state index in [1.54, 1.807) is 18.3 Å². The van der Waals surface area contributed by atoms with E-state index in [2.05, 4.69) is 25.4 Å². The van der Waals surface area contributed by atoms with Crippen LogP contribution in [0.4, 0.5) is 11.5 Å². The molecule has 0 saturated carbocycles. The molecule has 8 nitrogen and oxygen atoms in total. The zero-order valence-electron chi connectivity index (χ0n) is 12.9. The molecule has 0 spiro atoms. The van der Waals surface area contributed by atoms with Crippen LogP contribution in [-0.4, -0.2) is 46.3 Å². The molecule has 2 aromatic heterocycles. The third-order valence-electron chi connectivity index (χ3n) is 4.22. The maximum atomic E-state index is 11.0. The minimum Gasteiger partial charge on any atom is -0.354 e. The molecule has 0 radical (unpaired) electrons. The van der Waals surface area contributed by atoms with Crippen molar-refractivity contribution in [1.29, 1.82) is 0 Å². The van der Waals surface area contributed by atoms with Crippen molar-refractivity contribution < 1.29 is 4.92 Å². The molecule has 1 aromatic carbocycles. The maximum Gasteiger partial charge on any atom is 0.270 e. The molecule has 1 aliphatic heterocycles. The maximum absolute atomic E-state index is 11.0. The van der Waals surface area contributed by atoms with E-state index >= 15 is 0 Å². The molecule has 2 N–H and O–H groups in total. The molecule has 0 aliphatic carbocycles. The van der Waals surface area contributed by atoms with Gasteiger partial charge in [-0.2, -0.15) is 5.10 Å². The van der Waals surface area contributed by atoms with Crippen LogP contribution in [0.15, 0.2) is 36.5 Å². The molecule has 1 fully saturated rings. The summed E-state index contributed by atoms with van der Waals surface area (Å²) in [6.45, 7) is 3.68. The highest BCUT2D eigenvalue weighted by molar-refractivity contribution is 5.94. The second-order valence-corrected chi connectivity index (χ2v) is 5.70. The van der Waals surface area contributed by atoms with Crippen LogP contribution in [-0.2, 0) is 0 Å². The highest BCUT2D eigenvalue weighted by Crippen LogP contribution is 2.30. The van der Waals surface area contributed by atoms with Gasteiger partial charge in [0.25, 0.3) is 5.69 Å². The van der Waals surface area contributed by atoms with Gasteiger partial charge >= 0.3 is 0 Å². The monoisotopic (exact) mass is 324 g/mol. The first-order chi connectivity index (χ1) is 11.7. The first kappa shape index (κ1) is 14.6. The van der Waals surface area contributed by atoms with Crippen molar-refractivity contribution in [2.45, 2.75) is 0 Å². The lowest BCUT2D eigenvalue weighted by molar-refractivity contribution is -0.384. The Kier molecular flexibility index (Phi) is 3.58. The Morgan fingerprint density at radius 1 is 1.17 bits per heavy atom. The minimum atomic E-state index is -0.394. The van der Waals surface area contributed by atoms with Crippen LogP contribution >= 0.6 is 0 Å². The van der Waals surface area contributed by atoms with Gasteiger partial charge < -0.3 is 10.2 Å². The van der Waals surface area contributed by atoms with Crippen molar-refractivity contribution in [3.63, 3.8) is 0 Å². The third-order valence-corrected chi connectivity index (χ3v) is 4.22. The average Bonchev–Trinajstić information content (AvgIpc) is 3.05. The third kappa shape index (κ3) is 2.56. The van der Waals surface area contributed by atoms with Crippen molar-refractivity contribution >= 4 is 22.4 Å². The fourth-order valence-electron chi connectivity index (χ4n) is 2.97. The number of anilines is 1. The average molecular weight is 324 g/mol. The normalized spacial score (nSPS) is 14.9. The fraction of sp³-hybridized carbons (Fsp3) is 0.250. The summed E-state index contributed by atoms with van der Waals surface area (Å²) >= 11 is 0. The highest BCUT2D eigenvalue weighted by Gasteiger charge is 2.16. The molecule has 0 unspecified atom stereocenters. The van der Waals surface area contributed by atoms with E-state index in [0.29, 0.717) is 5.69 Å². The molecule has 0 atom stereocenters. The highest BCUT2D eigenvalue weighted by atomic mass is 16.6. The fourth-order valence-corrected chi connectivity index (χ4v) is 2.97. The number of nitro groups is 1. The quantitative estimate of drug-likeness (QED) is 0.564. The largest absolute Gasteiger partial charge is 0.354 e. The number of aromatic nitrogens is 3. The Hall–Kier alpha value is -3.00. The number of hydrogen-bond acceptors (Lipinski definition) is 6. The minimum absolute atomic E-state index is 0.0570. The first-order valence-corrected chi connectivity index (χ1v) is 7.77. The molecular formula is C16H16N6O2. The van der Waals surface area contributed by atoms with Gasteiger partial charge in [-0.1, -0.05) is 0 Å². The second-order valence-electron chi connectivity index (χ2n) is 5.70. The van der Waals surface area contributed by atoms with Crippen LogP contribution in [0.25, 0.3) is 22.2 Å². The first-order valence-electron chi connectivity index (χ1n) is 7.77. The van der Waals surface area contributed by atoms with Gasteiger partial charge in [-0.15, -0.1) is 0 Å². The van der Waals surface area contributed by atoms with Crippen LogP contribution in [0.2, 0.25) is 0 Å². The zero-order valence-corrected chi connectivity index (χ0v) is 12.9. The summed E-state index contributed by atoms with van der Waals surface area (Å²) in [7, 11) is 0. The second kappa shape index (κ2) is 5.89. The lowest BCUT2D eigenvalue weighted by Crippen LogP contribution is -2.43. The molecule has 122 valence electrons. The number of rotatable bonds is 3. The molecule has 1 saturated heterocycles. The van der Waals surface area contributed by atoms with Gasteiger partial charge in [0.1, 0.15) is 11.5 Å². The Morgan fingerprint density at radius 2 is 2.00 bits per heavy atom. The van der Waals surface area contributed by atoms with Gasteiger partial charge in [0.2, 0.25) is 0 Å². The lowest BCUT2D eigenvalue weighted by Gasteiger charge is -2.28. The van der Waals surface area contributed by atoms with Crippen molar-refractivity contribution in [1.82, 2.24) is 20.5 Å². The summed E-state index contributed by atoms with van der Waals surface area (Å²) in [6.07, 6.45) is 1.75. The molecule has 4 rings (SSSR count). The molecule has 1 aliphatic rings. The number of hydrogen-bond donors (Lipinski definition) is 2. The van der Waals surface area contributed by atoms with Crippen LogP contribution in [0, 0.1) is 10.1 Å². The molecular weight excluding hydrogens is 308 g/mol. The van der Waals surface area contributed by atoms with E-state index in [0.717, 1.165) is 48.5 Å². The molecule has 8 heteroatoms. The number of piperazine rings is 1. The van der Waals surface area contributed by atoms with E-state index in [-0.39, 0.29) is 5.69 Å².